The molecular weight excluding hydrogens is 316 g/mol. The van der Waals surface area contributed by atoms with E-state index in [1.165, 1.54) is 0 Å². The van der Waals surface area contributed by atoms with Gasteiger partial charge in [0.15, 0.2) is 5.65 Å². The Morgan fingerprint density at radius 1 is 1.24 bits per heavy atom. The van der Waals surface area contributed by atoms with Crippen molar-refractivity contribution in [1.82, 2.24) is 29.3 Å². The van der Waals surface area contributed by atoms with Crippen LogP contribution in [0, 0.1) is 0 Å². The molecule has 0 spiro atoms. The number of piperidine rings is 1. The van der Waals surface area contributed by atoms with Crippen LogP contribution in [0.2, 0.25) is 0 Å². The number of rotatable bonds is 4. The number of carbonyl (C=O) groups is 1. The lowest BCUT2D eigenvalue weighted by Gasteiger charge is -2.35. The second-order valence-electron chi connectivity index (χ2n) is 6.46. The van der Waals surface area contributed by atoms with Gasteiger partial charge >= 0.3 is 0 Å². The van der Waals surface area contributed by atoms with E-state index in [0.717, 1.165) is 50.1 Å². The standard InChI is InChI=1S/C18H22N6O/c1-2-10-22-12-7-15(21-22)18(25)23-11-4-3-5-16(23)14-8-13-24-17(20-14)6-9-19-24/h6-9,12-13,16H,2-5,10-11H2,1H3/t16-/m0/s1. The molecule has 1 atom stereocenters. The van der Waals surface area contributed by atoms with Crippen LogP contribution < -0.4 is 0 Å². The van der Waals surface area contributed by atoms with Crippen molar-refractivity contribution in [2.24, 2.45) is 0 Å². The largest absolute Gasteiger partial charge is 0.329 e. The highest BCUT2D eigenvalue weighted by molar-refractivity contribution is 5.92. The summed E-state index contributed by atoms with van der Waals surface area (Å²) in [5.41, 5.74) is 2.25. The first-order chi connectivity index (χ1) is 12.3. The Balaban J connectivity index is 1.62. The van der Waals surface area contributed by atoms with Gasteiger partial charge in [-0.25, -0.2) is 9.50 Å². The van der Waals surface area contributed by atoms with E-state index in [0.29, 0.717) is 5.69 Å². The van der Waals surface area contributed by atoms with E-state index in [1.807, 2.05) is 40.2 Å². The maximum atomic E-state index is 13.0. The van der Waals surface area contributed by atoms with Crippen LogP contribution in [0.3, 0.4) is 0 Å². The number of hydrogen-bond donors (Lipinski definition) is 0. The van der Waals surface area contributed by atoms with Gasteiger partial charge in [-0.1, -0.05) is 6.92 Å². The Hall–Kier alpha value is -2.70. The molecule has 0 bridgehead atoms. The molecule has 0 N–H and O–H groups in total. The summed E-state index contributed by atoms with van der Waals surface area (Å²) in [5, 5.41) is 8.62. The Kier molecular flexibility index (Phi) is 4.21. The van der Waals surface area contributed by atoms with Crippen LogP contribution in [-0.4, -0.2) is 41.7 Å². The zero-order valence-corrected chi connectivity index (χ0v) is 14.4. The van der Waals surface area contributed by atoms with Crippen molar-refractivity contribution in [2.45, 2.75) is 45.2 Å². The first-order valence-electron chi connectivity index (χ1n) is 8.91. The minimum atomic E-state index is -0.00488. The lowest BCUT2D eigenvalue weighted by molar-refractivity contribution is 0.0599. The molecule has 4 rings (SSSR count). The van der Waals surface area contributed by atoms with Crippen molar-refractivity contribution in [1.29, 1.82) is 0 Å². The number of hydrogen-bond acceptors (Lipinski definition) is 4. The normalized spacial score (nSPS) is 18.0. The average molecular weight is 338 g/mol. The molecule has 0 aliphatic carbocycles. The number of likely N-dealkylation sites (tertiary alicyclic amines) is 1. The predicted octanol–water partition coefficient (Wildman–Crippen LogP) is 2.70. The fourth-order valence-corrected chi connectivity index (χ4v) is 3.47. The van der Waals surface area contributed by atoms with Gasteiger partial charge in [-0.3, -0.25) is 9.48 Å². The van der Waals surface area contributed by atoms with Crippen molar-refractivity contribution in [3.05, 3.63) is 48.2 Å². The number of fused-ring (bicyclic) bond motifs is 1. The van der Waals surface area contributed by atoms with E-state index in [9.17, 15) is 4.79 Å². The van der Waals surface area contributed by atoms with Gasteiger partial charge in [0.2, 0.25) is 0 Å². The zero-order valence-electron chi connectivity index (χ0n) is 14.4. The summed E-state index contributed by atoms with van der Waals surface area (Å²) in [6, 6.07) is 5.66. The lowest BCUT2D eigenvalue weighted by atomic mass is 9.98. The molecule has 1 aliphatic heterocycles. The molecule has 3 aromatic rings. The SMILES string of the molecule is CCCn1ccc(C(=O)N2CCCC[C@H]2c2ccn3nccc3n2)n1. The van der Waals surface area contributed by atoms with E-state index < -0.39 is 0 Å². The van der Waals surface area contributed by atoms with E-state index in [2.05, 4.69) is 17.1 Å². The lowest BCUT2D eigenvalue weighted by Crippen LogP contribution is -2.39. The number of carbonyl (C=O) groups excluding carboxylic acids is 1. The van der Waals surface area contributed by atoms with Gasteiger partial charge in [-0.05, 0) is 37.8 Å². The maximum absolute atomic E-state index is 13.0. The molecule has 0 aromatic carbocycles. The minimum Gasteiger partial charge on any atom is -0.329 e. The maximum Gasteiger partial charge on any atom is 0.274 e. The first-order valence-corrected chi connectivity index (χ1v) is 8.91. The predicted molar refractivity (Wildman–Crippen MR) is 93.1 cm³/mol. The molecule has 7 heteroatoms. The van der Waals surface area contributed by atoms with E-state index >= 15 is 0 Å². The fraction of sp³-hybridized carbons (Fsp3) is 0.444. The second-order valence-corrected chi connectivity index (χ2v) is 6.46. The van der Waals surface area contributed by atoms with Gasteiger partial charge in [0, 0.05) is 31.5 Å². The molecule has 1 amide bonds. The molecule has 130 valence electrons. The molecule has 0 radical (unpaired) electrons. The quantitative estimate of drug-likeness (QED) is 0.733. The summed E-state index contributed by atoms with van der Waals surface area (Å²) in [4.78, 5) is 19.6. The monoisotopic (exact) mass is 338 g/mol. The van der Waals surface area contributed by atoms with Crippen LogP contribution in [0.15, 0.2) is 36.8 Å². The third kappa shape index (κ3) is 3.01. The van der Waals surface area contributed by atoms with E-state index in [-0.39, 0.29) is 11.9 Å². The average Bonchev–Trinajstić information content (AvgIpc) is 3.30. The second kappa shape index (κ2) is 6.66. The van der Waals surface area contributed by atoms with Gasteiger partial charge in [0.1, 0.15) is 5.69 Å². The van der Waals surface area contributed by atoms with Crippen LogP contribution in [-0.2, 0) is 6.54 Å². The highest BCUT2D eigenvalue weighted by Crippen LogP contribution is 2.31. The van der Waals surface area contributed by atoms with Crippen molar-refractivity contribution in [3.8, 4) is 0 Å². The highest BCUT2D eigenvalue weighted by Gasteiger charge is 2.30. The number of aryl methyl sites for hydroxylation is 1. The summed E-state index contributed by atoms with van der Waals surface area (Å²) in [5.74, 6) is -0.00488. The molecule has 3 aromatic heterocycles. The molecule has 7 nitrogen and oxygen atoms in total. The van der Waals surface area contributed by atoms with E-state index in [4.69, 9.17) is 4.98 Å². The third-order valence-corrected chi connectivity index (χ3v) is 4.70. The van der Waals surface area contributed by atoms with Crippen molar-refractivity contribution in [2.75, 3.05) is 6.54 Å². The smallest absolute Gasteiger partial charge is 0.274 e. The van der Waals surface area contributed by atoms with Crippen molar-refractivity contribution >= 4 is 11.6 Å². The first kappa shape index (κ1) is 15.8. The molecule has 1 fully saturated rings. The van der Waals surface area contributed by atoms with Crippen molar-refractivity contribution in [3.63, 3.8) is 0 Å². The molecular formula is C18H22N6O. The summed E-state index contributed by atoms with van der Waals surface area (Å²) in [7, 11) is 0. The summed E-state index contributed by atoms with van der Waals surface area (Å²) < 4.78 is 3.58. The highest BCUT2D eigenvalue weighted by atomic mass is 16.2. The molecule has 25 heavy (non-hydrogen) atoms. The molecule has 1 aliphatic rings. The van der Waals surface area contributed by atoms with Crippen LogP contribution in [0.25, 0.3) is 5.65 Å². The minimum absolute atomic E-state index is 0.00234. The number of nitrogens with zero attached hydrogens (tertiary/aromatic N) is 6. The summed E-state index contributed by atoms with van der Waals surface area (Å²) in [6.07, 6.45) is 9.57. The summed E-state index contributed by atoms with van der Waals surface area (Å²) >= 11 is 0. The number of aromatic nitrogens is 5. The van der Waals surface area contributed by atoms with Crippen LogP contribution in [0.5, 0.6) is 0 Å². The van der Waals surface area contributed by atoms with Gasteiger partial charge in [-0.2, -0.15) is 10.2 Å². The van der Waals surface area contributed by atoms with Crippen LogP contribution >= 0.6 is 0 Å². The molecule has 0 unspecified atom stereocenters. The zero-order chi connectivity index (χ0) is 17.2. The van der Waals surface area contributed by atoms with Crippen LogP contribution in [0.4, 0.5) is 0 Å². The van der Waals surface area contributed by atoms with Crippen molar-refractivity contribution < 1.29 is 4.79 Å². The molecule has 1 saturated heterocycles. The van der Waals surface area contributed by atoms with Gasteiger partial charge in [-0.15, -0.1) is 0 Å². The molecule has 4 heterocycles. The fourth-order valence-electron chi connectivity index (χ4n) is 3.47. The number of amides is 1. The Morgan fingerprint density at radius 3 is 3.04 bits per heavy atom. The molecule has 0 saturated carbocycles. The van der Waals surface area contributed by atoms with Crippen LogP contribution in [0.1, 0.15) is 54.8 Å². The summed E-state index contributed by atoms with van der Waals surface area (Å²) in [6.45, 7) is 3.68. The topological polar surface area (TPSA) is 68.3 Å². The Morgan fingerprint density at radius 2 is 2.16 bits per heavy atom. The Labute approximate surface area is 146 Å². The van der Waals surface area contributed by atoms with Gasteiger partial charge < -0.3 is 4.90 Å². The third-order valence-electron chi connectivity index (χ3n) is 4.70. The van der Waals surface area contributed by atoms with E-state index in [1.54, 1.807) is 10.7 Å². The van der Waals surface area contributed by atoms with Gasteiger partial charge in [0.25, 0.3) is 5.91 Å². The Bertz CT molecular complexity index is 882. The van der Waals surface area contributed by atoms with Gasteiger partial charge in [0.05, 0.1) is 17.9 Å².